The van der Waals surface area contributed by atoms with E-state index in [1.807, 2.05) is 0 Å². The molecule has 1 aromatic rings. The van der Waals surface area contributed by atoms with Gasteiger partial charge < -0.3 is 9.47 Å². The number of benzene rings is 1. The highest BCUT2D eigenvalue weighted by Gasteiger charge is 2.20. The Morgan fingerprint density at radius 2 is 2.00 bits per heavy atom. The second kappa shape index (κ2) is 4.96. The Kier molecular flexibility index (Phi) is 3.36. The lowest BCUT2D eigenvalue weighted by atomic mass is 10.1. The van der Waals surface area contributed by atoms with Crippen molar-refractivity contribution >= 4 is 15.9 Å². The number of ether oxygens (including phenoxy) is 2. The fourth-order valence-electron chi connectivity index (χ4n) is 2.46. The van der Waals surface area contributed by atoms with Crippen LogP contribution in [0, 0.1) is 0 Å². The lowest BCUT2D eigenvalue weighted by Gasteiger charge is -2.27. The summed E-state index contributed by atoms with van der Waals surface area (Å²) in [5.74, 6) is 1.11. The van der Waals surface area contributed by atoms with Crippen LogP contribution in [0.5, 0.6) is 5.75 Å². The normalized spacial score (nSPS) is 20.1. The Morgan fingerprint density at radius 3 is 2.82 bits per heavy atom. The molecule has 3 nitrogen and oxygen atoms in total. The van der Waals surface area contributed by atoms with Crippen molar-refractivity contribution in [3.8, 4) is 5.75 Å². The average molecular weight is 298 g/mol. The van der Waals surface area contributed by atoms with E-state index < -0.39 is 0 Å². The molecular formula is C13H16BrNO2. The molecule has 0 N–H and O–H groups in total. The highest BCUT2D eigenvalue weighted by Crippen LogP contribution is 2.33. The molecular weight excluding hydrogens is 282 g/mol. The Bertz CT molecular complexity index is 416. The quantitative estimate of drug-likeness (QED) is 0.835. The Balaban J connectivity index is 1.82. The van der Waals surface area contributed by atoms with Gasteiger partial charge in [0, 0.05) is 36.1 Å². The molecule has 3 rings (SSSR count). The monoisotopic (exact) mass is 297 g/mol. The zero-order valence-corrected chi connectivity index (χ0v) is 11.3. The molecule has 17 heavy (non-hydrogen) atoms. The standard InChI is InChI=1S/C13H16BrNO2/c14-12-7-10-1-4-17-13(10)11(8-12)9-15-2-5-16-6-3-15/h7-8H,1-6,9H2. The summed E-state index contributed by atoms with van der Waals surface area (Å²) in [6, 6.07) is 4.35. The summed E-state index contributed by atoms with van der Waals surface area (Å²) in [5, 5.41) is 0. The van der Waals surface area contributed by atoms with Gasteiger partial charge in [0.15, 0.2) is 0 Å². The average Bonchev–Trinajstić information content (AvgIpc) is 2.78. The van der Waals surface area contributed by atoms with Crippen molar-refractivity contribution in [3.63, 3.8) is 0 Å². The largest absolute Gasteiger partial charge is 0.493 e. The molecule has 0 radical (unpaired) electrons. The number of nitrogens with zero attached hydrogens (tertiary/aromatic N) is 1. The predicted molar refractivity (Wildman–Crippen MR) is 69.4 cm³/mol. The van der Waals surface area contributed by atoms with Crippen LogP contribution in [0.3, 0.4) is 0 Å². The van der Waals surface area contributed by atoms with E-state index in [0.717, 1.165) is 56.1 Å². The van der Waals surface area contributed by atoms with E-state index in [-0.39, 0.29) is 0 Å². The molecule has 2 aliphatic heterocycles. The van der Waals surface area contributed by atoms with Gasteiger partial charge in [-0.1, -0.05) is 15.9 Å². The maximum absolute atomic E-state index is 5.75. The van der Waals surface area contributed by atoms with Gasteiger partial charge in [-0.15, -0.1) is 0 Å². The molecule has 0 spiro atoms. The number of hydrogen-bond acceptors (Lipinski definition) is 3. The van der Waals surface area contributed by atoms with Crippen LogP contribution in [0.15, 0.2) is 16.6 Å². The highest BCUT2D eigenvalue weighted by molar-refractivity contribution is 9.10. The van der Waals surface area contributed by atoms with Crippen molar-refractivity contribution in [3.05, 3.63) is 27.7 Å². The zero-order valence-electron chi connectivity index (χ0n) is 9.75. The maximum atomic E-state index is 5.75. The first-order valence-corrected chi connectivity index (χ1v) is 6.86. The number of morpholine rings is 1. The van der Waals surface area contributed by atoms with Crippen molar-refractivity contribution < 1.29 is 9.47 Å². The fraction of sp³-hybridized carbons (Fsp3) is 0.538. The number of halogens is 1. The van der Waals surface area contributed by atoms with Crippen LogP contribution < -0.4 is 4.74 Å². The summed E-state index contributed by atoms with van der Waals surface area (Å²) >= 11 is 3.58. The Labute approximate surface area is 110 Å². The molecule has 1 aromatic carbocycles. The van der Waals surface area contributed by atoms with Gasteiger partial charge in [-0.2, -0.15) is 0 Å². The molecule has 2 aliphatic rings. The first-order chi connectivity index (χ1) is 8.33. The molecule has 0 aliphatic carbocycles. The van der Waals surface area contributed by atoms with Crippen LogP contribution in [-0.2, 0) is 17.7 Å². The minimum absolute atomic E-state index is 0.821. The third-order valence-electron chi connectivity index (χ3n) is 3.32. The number of hydrogen-bond donors (Lipinski definition) is 0. The molecule has 1 saturated heterocycles. The lowest BCUT2D eigenvalue weighted by molar-refractivity contribution is 0.0338. The lowest BCUT2D eigenvalue weighted by Crippen LogP contribution is -2.35. The SMILES string of the molecule is Brc1cc2c(c(CN3CCOCC3)c1)OCC2. The molecule has 0 bridgehead atoms. The predicted octanol–water partition coefficient (Wildman–Crippen LogP) is 2.22. The summed E-state index contributed by atoms with van der Waals surface area (Å²) in [6.45, 7) is 5.50. The third-order valence-corrected chi connectivity index (χ3v) is 3.78. The van der Waals surface area contributed by atoms with Crippen LogP contribution in [-0.4, -0.2) is 37.8 Å². The first-order valence-electron chi connectivity index (χ1n) is 6.07. The van der Waals surface area contributed by atoms with Gasteiger partial charge in [-0.05, 0) is 17.7 Å². The summed E-state index contributed by atoms with van der Waals surface area (Å²) in [4.78, 5) is 2.42. The van der Waals surface area contributed by atoms with E-state index in [0.29, 0.717) is 0 Å². The van der Waals surface area contributed by atoms with E-state index in [9.17, 15) is 0 Å². The maximum Gasteiger partial charge on any atom is 0.127 e. The van der Waals surface area contributed by atoms with E-state index in [4.69, 9.17) is 9.47 Å². The Morgan fingerprint density at radius 1 is 1.18 bits per heavy atom. The van der Waals surface area contributed by atoms with Crippen LogP contribution in [0.1, 0.15) is 11.1 Å². The highest BCUT2D eigenvalue weighted by atomic mass is 79.9. The van der Waals surface area contributed by atoms with Gasteiger partial charge in [-0.3, -0.25) is 4.90 Å². The van der Waals surface area contributed by atoms with Gasteiger partial charge >= 0.3 is 0 Å². The zero-order chi connectivity index (χ0) is 11.7. The van der Waals surface area contributed by atoms with Crippen LogP contribution in [0.25, 0.3) is 0 Å². The van der Waals surface area contributed by atoms with Crippen molar-refractivity contribution in [1.82, 2.24) is 4.90 Å². The van der Waals surface area contributed by atoms with Crippen LogP contribution >= 0.6 is 15.9 Å². The molecule has 92 valence electrons. The van der Waals surface area contributed by atoms with Crippen molar-refractivity contribution in [2.24, 2.45) is 0 Å². The first kappa shape index (κ1) is 11.5. The second-order valence-corrected chi connectivity index (χ2v) is 5.46. The minimum Gasteiger partial charge on any atom is -0.493 e. The van der Waals surface area contributed by atoms with Crippen molar-refractivity contribution in [2.75, 3.05) is 32.9 Å². The summed E-state index contributed by atoms with van der Waals surface area (Å²) in [7, 11) is 0. The van der Waals surface area contributed by atoms with Crippen LogP contribution in [0.2, 0.25) is 0 Å². The molecule has 2 heterocycles. The van der Waals surface area contributed by atoms with Gasteiger partial charge in [-0.25, -0.2) is 0 Å². The molecule has 0 atom stereocenters. The number of rotatable bonds is 2. The van der Waals surface area contributed by atoms with Crippen molar-refractivity contribution in [2.45, 2.75) is 13.0 Å². The van der Waals surface area contributed by atoms with E-state index in [2.05, 4.69) is 33.0 Å². The van der Waals surface area contributed by atoms with Gasteiger partial charge in [0.05, 0.1) is 19.8 Å². The smallest absolute Gasteiger partial charge is 0.127 e. The number of fused-ring (bicyclic) bond motifs is 1. The third kappa shape index (κ3) is 2.49. The molecule has 1 fully saturated rings. The summed E-state index contributed by atoms with van der Waals surface area (Å²) in [6.07, 6.45) is 1.03. The summed E-state index contributed by atoms with van der Waals surface area (Å²) in [5.41, 5.74) is 2.64. The van der Waals surface area contributed by atoms with Gasteiger partial charge in [0.1, 0.15) is 5.75 Å². The van der Waals surface area contributed by atoms with Crippen molar-refractivity contribution in [1.29, 1.82) is 0 Å². The molecule has 0 aromatic heterocycles. The van der Waals surface area contributed by atoms with Gasteiger partial charge in [0.2, 0.25) is 0 Å². The summed E-state index contributed by atoms with van der Waals surface area (Å²) < 4.78 is 12.3. The second-order valence-electron chi connectivity index (χ2n) is 4.54. The van der Waals surface area contributed by atoms with E-state index in [1.54, 1.807) is 0 Å². The fourth-order valence-corrected chi connectivity index (χ4v) is 3.02. The van der Waals surface area contributed by atoms with E-state index in [1.165, 1.54) is 11.1 Å². The van der Waals surface area contributed by atoms with Gasteiger partial charge in [0.25, 0.3) is 0 Å². The molecule has 0 saturated carbocycles. The van der Waals surface area contributed by atoms with Crippen LogP contribution in [0.4, 0.5) is 0 Å². The topological polar surface area (TPSA) is 21.7 Å². The molecule has 4 heteroatoms. The molecule has 0 amide bonds. The van der Waals surface area contributed by atoms with E-state index >= 15 is 0 Å². The molecule has 0 unspecified atom stereocenters. The minimum atomic E-state index is 0.821. The Hall–Kier alpha value is -0.580.